The first-order valence-electron chi connectivity index (χ1n) is 17.5. The van der Waals surface area contributed by atoms with Gasteiger partial charge in [-0.2, -0.15) is 0 Å². The summed E-state index contributed by atoms with van der Waals surface area (Å²) in [5, 5.41) is 33.9. The maximum atomic E-state index is 13.6. The van der Waals surface area contributed by atoms with Crippen molar-refractivity contribution >= 4 is 35.5 Å². The molecule has 5 amide bonds. The molecule has 0 heterocycles. The maximum Gasteiger partial charge on any atom is 0.303 e. The zero-order chi connectivity index (χ0) is 37.1. The third-order valence-corrected chi connectivity index (χ3v) is 8.30. The highest BCUT2D eigenvalue weighted by Crippen LogP contribution is 2.14. The van der Waals surface area contributed by atoms with Crippen LogP contribution in [-0.4, -0.2) is 76.0 Å². The number of carboxylic acids is 1. The second-order valence-electron chi connectivity index (χ2n) is 13.5. The van der Waals surface area contributed by atoms with Crippen LogP contribution in [0.25, 0.3) is 0 Å². The second-order valence-corrected chi connectivity index (χ2v) is 13.5. The number of benzene rings is 1. The summed E-state index contributed by atoms with van der Waals surface area (Å²) in [5.41, 5.74) is 0.915. The van der Waals surface area contributed by atoms with Gasteiger partial charge in [0, 0.05) is 19.4 Å². The van der Waals surface area contributed by atoms with Gasteiger partial charge in [0.1, 0.15) is 18.1 Å². The standard InChI is InChI=1S/C36H59N5O8.CH4/c1-8-14-26(38-36(49)33(24(7)9-2)40-29(43)17-13-18-31(45)46)34(47)39-27(19-22(3)4)28(42)20-30(44)41-32(23(5)6)35(48)37-21-25-15-11-10-12-16-25;/h10-12,15-16,22-24,26-28,32-33,42H,8-9,13-14,17-21H2,1-7H3,(H,37,48)(H,38,49)(H,39,47)(H,40,43)(H,41,44)(H,45,46);1H4/t24-,26-,27-,28-,32-,33-;/m0./s1. The van der Waals surface area contributed by atoms with Crippen LogP contribution in [0, 0.1) is 17.8 Å². The molecular formula is C37H63N5O8. The molecule has 1 rings (SSSR count). The Morgan fingerprint density at radius 3 is 1.92 bits per heavy atom. The topological polar surface area (TPSA) is 203 Å². The average Bonchev–Trinajstić information content (AvgIpc) is 3.03. The molecule has 13 heteroatoms. The average molecular weight is 706 g/mol. The van der Waals surface area contributed by atoms with Crippen LogP contribution in [0.5, 0.6) is 0 Å². The number of carbonyl (C=O) groups excluding carboxylic acids is 5. The van der Waals surface area contributed by atoms with Crippen molar-refractivity contribution in [3.8, 4) is 0 Å². The number of amides is 5. The molecule has 0 aliphatic carbocycles. The lowest BCUT2D eigenvalue weighted by molar-refractivity contribution is -0.137. The van der Waals surface area contributed by atoms with Crippen LogP contribution in [0.2, 0.25) is 0 Å². The van der Waals surface area contributed by atoms with Gasteiger partial charge in [-0.3, -0.25) is 28.8 Å². The van der Waals surface area contributed by atoms with Gasteiger partial charge < -0.3 is 36.8 Å². The van der Waals surface area contributed by atoms with E-state index in [0.717, 1.165) is 5.56 Å². The number of aliphatic hydroxyl groups excluding tert-OH is 1. The van der Waals surface area contributed by atoms with Crippen molar-refractivity contribution in [3.63, 3.8) is 0 Å². The van der Waals surface area contributed by atoms with E-state index in [2.05, 4.69) is 26.6 Å². The minimum Gasteiger partial charge on any atom is -0.481 e. The van der Waals surface area contributed by atoms with E-state index in [9.17, 15) is 33.9 Å². The summed E-state index contributed by atoms with van der Waals surface area (Å²) in [5.74, 6) is -3.88. The molecule has 0 radical (unpaired) electrons. The molecule has 7 N–H and O–H groups in total. The van der Waals surface area contributed by atoms with Crippen LogP contribution in [0.1, 0.15) is 113 Å². The lowest BCUT2D eigenvalue weighted by Gasteiger charge is -2.30. The molecule has 0 aliphatic heterocycles. The molecule has 0 saturated carbocycles. The first-order chi connectivity index (χ1) is 23.1. The Morgan fingerprint density at radius 2 is 1.38 bits per heavy atom. The van der Waals surface area contributed by atoms with Crippen molar-refractivity contribution in [1.82, 2.24) is 26.6 Å². The predicted octanol–water partition coefficient (Wildman–Crippen LogP) is 3.43. The number of rotatable bonds is 23. The lowest BCUT2D eigenvalue weighted by Crippen LogP contribution is -2.58. The van der Waals surface area contributed by atoms with E-state index in [1.54, 1.807) is 6.92 Å². The van der Waals surface area contributed by atoms with E-state index in [1.807, 2.05) is 71.9 Å². The van der Waals surface area contributed by atoms with Gasteiger partial charge in [0.25, 0.3) is 0 Å². The van der Waals surface area contributed by atoms with Gasteiger partial charge in [-0.15, -0.1) is 0 Å². The summed E-state index contributed by atoms with van der Waals surface area (Å²) in [7, 11) is 0. The van der Waals surface area contributed by atoms with E-state index in [1.165, 1.54) is 0 Å². The highest BCUT2D eigenvalue weighted by atomic mass is 16.4. The fourth-order valence-electron chi connectivity index (χ4n) is 5.26. The molecular weight excluding hydrogens is 642 g/mol. The fraction of sp³-hybridized carbons (Fsp3) is 0.676. The number of carbonyl (C=O) groups is 6. The number of carboxylic acid groups (broad SMARTS) is 1. The van der Waals surface area contributed by atoms with Crippen molar-refractivity contribution in [3.05, 3.63) is 35.9 Å². The van der Waals surface area contributed by atoms with Gasteiger partial charge in [-0.25, -0.2) is 0 Å². The quantitative estimate of drug-likeness (QED) is 0.0897. The smallest absolute Gasteiger partial charge is 0.303 e. The van der Waals surface area contributed by atoms with Gasteiger partial charge in [0.15, 0.2) is 0 Å². The van der Waals surface area contributed by atoms with Crippen molar-refractivity contribution in [2.75, 3.05) is 0 Å². The number of nitrogens with one attached hydrogen (secondary N) is 5. The van der Waals surface area contributed by atoms with E-state index >= 15 is 0 Å². The molecule has 0 aromatic heterocycles. The summed E-state index contributed by atoms with van der Waals surface area (Å²) in [6, 6.07) is 5.83. The van der Waals surface area contributed by atoms with Crippen LogP contribution in [0.3, 0.4) is 0 Å². The van der Waals surface area contributed by atoms with E-state index in [0.29, 0.717) is 25.8 Å². The van der Waals surface area contributed by atoms with Crippen molar-refractivity contribution in [2.24, 2.45) is 17.8 Å². The third kappa shape index (κ3) is 17.6. The number of aliphatic hydroxyl groups is 1. The summed E-state index contributed by atoms with van der Waals surface area (Å²) < 4.78 is 0. The summed E-state index contributed by atoms with van der Waals surface area (Å²) in [6.07, 6.45) is 0.0320. The van der Waals surface area contributed by atoms with E-state index in [-0.39, 0.29) is 63.2 Å². The molecule has 6 atom stereocenters. The van der Waals surface area contributed by atoms with Gasteiger partial charge in [-0.05, 0) is 42.6 Å². The Bertz CT molecular complexity index is 1210. The molecule has 284 valence electrons. The van der Waals surface area contributed by atoms with Gasteiger partial charge >= 0.3 is 5.97 Å². The van der Waals surface area contributed by atoms with E-state index in [4.69, 9.17) is 5.11 Å². The Labute approximate surface area is 298 Å². The Kier molecular flexibility index (Phi) is 22.3. The molecule has 50 heavy (non-hydrogen) atoms. The number of aliphatic carboxylic acids is 1. The summed E-state index contributed by atoms with van der Waals surface area (Å²) in [6.45, 7) is 13.3. The third-order valence-electron chi connectivity index (χ3n) is 8.30. The fourth-order valence-corrected chi connectivity index (χ4v) is 5.26. The van der Waals surface area contributed by atoms with Crippen LogP contribution < -0.4 is 26.6 Å². The highest BCUT2D eigenvalue weighted by Gasteiger charge is 2.33. The van der Waals surface area contributed by atoms with Gasteiger partial charge in [0.05, 0.1) is 18.6 Å². The SMILES string of the molecule is C.CCC[C@H](NC(=O)[C@@H](NC(=O)CCCC(=O)O)[C@@H](C)CC)C(=O)N[C@@H](CC(C)C)[C@@H](O)CC(=O)N[C@H](C(=O)NCc1ccccc1)C(C)C. The Hall–Kier alpha value is -4.00. The van der Waals surface area contributed by atoms with Crippen molar-refractivity contribution in [2.45, 2.75) is 144 Å². The molecule has 0 aliphatic rings. The molecule has 0 saturated heterocycles. The summed E-state index contributed by atoms with van der Waals surface area (Å²) in [4.78, 5) is 76.3. The molecule has 0 bridgehead atoms. The van der Waals surface area contributed by atoms with E-state index < -0.39 is 59.9 Å². The summed E-state index contributed by atoms with van der Waals surface area (Å²) >= 11 is 0. The second kappa shape index (κ2) is 24.2. The normalized spacial score (nSPS) is 14.6. The van der Waals surface area contributed by atoms with Crippen LogP contribution >= 0.6 is 0 Å². The first-order valence-corrected chi connectivity index (χ1v) is 17.5. The zero-order valence-electron chi connectivity index (χ0n) is 30.2. The minimum absolute atomic E-state index is 0. The minimum atomic E-state index is -1.28. The first kappa shape index (κ1) is 46.0. The zero-order valence-corrected chi connectivity index (χ0v) is 30.2. The molecule has 13 nitrogen and oxygen atoms in total. The largest absolute Gasteiger partial charge is 0.481 e. The van der Waals surface area contributed by atoms with Crippen LogP contribution in [-0.2, 0) is 35.3 Å². The van der Waals surface area contributed by atoms with Crippen LogP contribution in [0.15, 0.2) is 30.3 Å². The molecule has 1 aromatic rings. The highest BCUT2D eigenvalue weighted by molar-refractivity contribution is 5.92. The predicted molar refractivity (Wildman–Crippen MR) is 194 cm³/mol. The van der Waals surface area contributed by atoms with Crippen molar-refractivity contribution < 1.29 is 39.0 Å². The van der Waals surface area contributed by atoms with Crippen LogP contribution in [0.4, 0.5) is 0 Å². The molecule has 0 fully saturated rings. The Balaban J connectivity index is 0.0000240. The number of hydrogen-bond acceptors (Lipinski definition) is 7. The number of hydrogen-bond donors (Lipinski definition) is 7. The van der Waals surface area contributed by atoms with Gasteiger partial charge in [-0.1, -0.05) is 99.1 Å². The van der Waals surface area contributed by atoms with Gasteiger partial charge in [0.2, 0.25) is 29.5 Å². The molecule has 0 unspecified atom stereocenters. The molecule has 1 aromatic carbocycles. The van der Waals surface area contributed by atoms with Crippen molar-refractivity contribution in [1.29, 1.82) is 0 Å². The monoisotopic (exact) mass is 705 g/mol. The maximum absolute atomic E-state index is 13.6. The Morgan fingerprint density at radius 1 is 0.760 bits per heavy atom. The molecule has 0 spiro atoms. The lowest BCUT2D eigenvalue weighted by atomic mass is 9.95.